The SMILES string of the molecule is CCc1ccc(C#Cc2cnc(N=CN(C(C)C)C(C)C)nc2Cl)cc1. The van der Waals surface area contributed by atoms with Gasteiger partial charge in [-0.15, -0.1) is 0 Å². The Labute approximate surface area is 161 Å². The molecule has 1 aromatic carbocycles. The van der Waals surface area contributed by atoms with Crippen LogP contribution in [0, 0.1) is 11.8 Å². The molecule has 5 heteroatoms. The minimum absolute atomic E-state index is 0.311. The molecule has 0 N–H and O–H groups in total. The molecule has 1 aromatic heterocycles. The first-order valence-electron chi connectivity index (χ1n) is 8.85. The molecular weight excluding hydrogens is 344 g/mol. The summed E-state index contributed by atoms with van der Waals surface area (Å²) < 4.78 is 0. The van der Waals surface area contributed by atoms with Crippen molar-refractivity contribution in [1.29, 1.82) is 0 Å². The van der Waals surface area contributed by atoms with Crippen molar-refractivity contribution in [2.45, 2.75) is 53.1 Å². The van der Waals surface area contributed by atoms with Crippen LogP contribution in [0.5, 0.6) is 0 Å². The van der Waals surface area contributed by atoms with Crippen molar-refractivity contribution < 1.29 is 0 Å². The molecule has 1 heterocycles. The molecule has 0 fully saturated rings. The zero-order valence-electron chi connectivity index (χ0n) is 16.0. The number of benzene rings is 1. The Kier molecular flexibility index (Phi) is 7.17. The van der Waals surface area contributed by atoms with E-state index in [4.69, 9.17) is 11.6 Å². The van der Waals surface area contributed by atoms with E-state index in [1.54, 1.807) is 12.5 Å². The van der Waals surface area contributed by atoms with E-state index in [0.29, 0.717) is 28.7 Å². The molecule has 0 atom stereocenters. The first-order chi connectivity index (χ1) is 12.4. The standard InChI is InChI=1S/C21H25ClN4/c1-6-17-7-9-18(10-8-17)11-12-19-13-23-21(25-20(19)22)24-14-26(15(2)3)16(4)5/h7-10,13-16H,6H2,1-5H3. The first-order valence-corrected chi connectivity index (χ1v) is 9.23. The van der Waals surface area contributed by atoms with Crippen LogP contribution < -0.4 is 0 Å². The van der Waals surface area contributed by atoms with Crippen LogP contribution in [0.25, 0.3) is 0 Å². The van der Waals surface area contributed by atoms with E-state index in [0.717, 1.165) is 12.0 Å². The summed E-state index contributed by atoms with van der Waals surface area (Å²) in [7, 11) is 0. The molecule has 0 aliphatic heterocycles. The van der Waals surface area contributed by atoms with Crippen LogP contribution in [-0.2, 0) is 6.42 Å². The Bertz CT molecular complexity index is 806. The molecule has 0 bridgehead atoms. The van der Waals surface area contributed by atoms with E-state index in [9.17, 15) is 0 Å². The lowest BCUT2D eigenvalue weighted by Gasteiger charge is -2.27. The molecule has 0 aliphatic rings. The van der Waals surface area contributed by atoms with Crippen molar-refractivity contribution in [3.05, 3.63) is 52.3 Å². The van der Waals surface area contributed by atoms with Crippen LogP contribution in [0.1, 0.15) is 51.3 Å². The van der Waals surface area contributed by atoms with Crippen LogP contribution in [0.2, 0.25) is 5.15 Å². The Morgan fingerprint density at radius 2 is 1.77 bits per heavy atom. The second-order valence-corrected chi connectivity index (χ2v) is 6.91. The third-order valence-electron chi connectivity index (χ3n) is 3.93. The Morgan fingerprint density at radius 1 is 1.12 bits per heavy atom. The molecule has 136 valence electrons. The maximum atomic E-state index is 6.24. The van der Waals surface area contributed by atoms with Gasteiger partial charge in [-0.05, 0) is 51.8 Å². The third-order valence-corrected chi connectivity index (χ3v) is 4.22. The number of hydrogen-bond acceptors (Lipinski definition) is 3. The monoisotopic (exact) mass is 368 g/mol. The van der Waals surface area contributed by atoms with Gasteiger partial charge in [0.25, 0.3) is 5.95 Å². The van der Waals surface area contributed by atoms with E-state index >= 15 is 0 Å². The van der Waals surface area contributed by atoms with Crippen molar-refractivity contribution in [2.24, 2.45) is 4.99 Å². The molecule has 0 saturated carbocycles. The van der Waals surface area contributed by atoms with E-state index < -0.39 is 0 Å². The summed E-state index contributed by atoms with van der Waals surface area (Å²) in [4.78, 5) is 14.9. The normalized spacial score (nSPS) is 11.1. The molecular formula is C21H25ClN4. The van der Waals surface area contributed by atoms with Gasteiger partial charge in [-0.1, -0.05) is 42.5 Å². The van der Waals surface area contributed by atoms with Gasteiger partial charge in [0.1, 0.15) is 5.15 Å². The summed E-state index contributed by atoms with van der Waals surface area (Å²) in [6.07, 6.45) is 4.40. The summed E-state index contributed by atoms with van der Waals surface area (Å²) in [5.41, 5.74) is 2.82. The third kappa shape index (κ3) is 5.57. The molecule has 0 spiro atoms. The summed E-state index contributed by atoms with van der Waals surface area (Å²) in [6, 6.07) is 8.86. The summed E-state index contributed by atoms with van der Waals surface area (Å²) in [5, 5.41) is 0.311. The predicted octanol–water partition coefficient (Wildman–Crippen LogP) is 4.87. The van der Waals surface area contributed by atoms with E-state index in [-0.39, 0.29) is 0 Å². The highest BCUT2D eigenvalue weighted by molar-refractivity contribution is 6.30. The highest BCUT2D eigenvalue weighted by Gasteiger charge is 2.09. The van der Waals surface area contributed by atoms with Crippen LogP contribution in [0.4, 0.5) is 5.95 Å². The largest absolute Gasteiger partial charge is 0.358 e. The van der Waals surface area contributed by atoms with E-state index in [1.807, 2.05) is 12.1 Å². The fraction of sp³-hybridized carbons (Fsp3) is 0.381. The molecule has 0 unspecified atom stereocenters. The molecule has 0 aliphatic carbocycles. The van der Waals surface area contributed by atoms with Crippen molar-refractivity contribution >= 4 is 23.9 Å². The smallest absolute Gasteiger partial charge is 0.252 e. The zero-order valence-corrected chi connectivity index (χ0v) is 16.7. The molecule has 4 nitrogen and oxygen atoms in total. The molecule has 2 rings (SSSR count). The maximum Gasteiger partial charge on any atom is 0.252 e. The number of nitrogens with zero attached hydrogens (tertiary/aromatic N) is 4. The van der Waals surface area contributed by atoms with Crippen molar-refractivity contribution in [3.8, 4) is 11.8 Å². The van der Waals surface area contributed by atoms with Gasteiger partial charge in [0.15, 0.2) is 0 Å². The van der Waals surface area contributed by atoms with Gasteiger partial charge in [-0.3, -0.25) is 0 Å². The zero-order chi connectivity index (χ0) is 19.1. The average Bonchev–Trinajstić information content (AvgIpc) is 2.61. The predicted molar refractivity (Wildman–Crippen MR) is 109 cm³/mol. The van der Waals surface area contributed by atoms with Gasteiger partial charge in [0.2, 0.25) is 0 Å². The van der Waals surface area contributed by atoms with Gasteiger partial charge < -0.3 is 4.90 Å². The van der Waals surface area contributed by atoms with E-state index in [1.165, 1.54) is 5.56 Å². The molecule has 26 heavy (non-hydrogen) atoms. The van der Waals surface area contributed by atoms with Crippen molar-refractivity contribution in [2.75, 3.05) is 0 Å². The van der Waals surface area contributed by atoms with E-state index in [2.05, 4.69) is 78.5 Å². The van der Waals surface area contributed by atoms with Gasteiger partial charge >= 0.3 is 0 Å². The van der Waals surface area contributed by atoms with Crippen molar-refractivity contribution in [3.63, 3.8) is 0 Å². The topological polar surface area (TPSA) is 41.4 Å². The van der Waals surface area contributed by atoms with Gasteiger partial charge in [-0.2, -0.15) is 4.98 Å². The lowest BCUT2D eigenvalue weighted by atomic mass is 10.1. The molecule has 0 amide bonds. The maximum absolute atomic E-state index is 6.24. The number of hydrogen-bond donors (Lipinski definition) is 0. The van der Waals surface area contributed by atoms with Crippen LogP contribution in [0.3, 0.4) is 0 Å². The summed E-state index contributed by atoms with van der Waals surface area (Å²) >= 11 is 6.24. The second kappa shape index (κ2) is 9.35. The van der Waals surface area contributed by atoms with Crippen LogP contribution in [-0.4, -0.2) is 33.3 Å². The Hall–Kier alpha value is -2.38. The quantitative estimate of drug-likeness (QED) is 0.327. The molecule has 0 radical (unpaired) electrons. The lowest BCUT2D eigenvalue weighted by molar-refractivity contribution is 0.301. The van der Waals surface area contributed by atoms with Crippen molar-refractivity contribution in [1.82, 2.24) is 14.9 Å². The number of rotatable bonds is 5. The Balaban J connectivity index is 2.15. The van der Waals surface area contributed by atoms with Gasteiger partial charge in [-0.25, -0.2) is 9.98 Å². The fourth-order valence-electron chi connectivity index (χ4n) is 2.44. The van der Waals surface area contributed by atoms with Gasteiger partial charge in [0, 0.05) is 23.8 Å². The first kappa shape index (κ1) is 19.9. The van der Waals surface area contributed by atoms with Crippen LogP contribution in [0.15, 0.2) is 35.5 Å². The Morgan fingerprint density at radius 3 is 2.31 bits per heavy atom. The van der Waals surface area contributed by atoms with Gasteiger partial charge in [0.05, 0.1) is 11.9 Å². The molecule has 0 saturated heterocycles. The number of aromatic nitrogens is 2. The fourth-order valence-corrected chi connectivity index (χ4v) is 2.61. The lowest BCUT2D eigenvalue weighted by Crippen LogP contribution is -2.35. The van der Waals surface area contributed by atoms with Crippen LogP contribution >= 0.6 is 11.6 Å². The minimum atomic E-state index is 0.311. The number of aryl methyl sites for hydroxylation is 1. The minimum Gasteiger partial charge on any atom is -0.358 e. The second-order valence-electron chi connectivity index (χ2n) is 6.55. The highest BCUT2D eigenvalue weighted by Crippen LogP contribution is 2.15. The molecule has 2 aromatic rings. The number of aliphatic imine (C=N–C) groups is 1. The summed E-state index contributed by atoms with van der Waals surface area (Å²) in [5.74, 6) is 6.45. The average molecular weight is 369 g/mol. The summed E-state index contributed by atoms with van der Waals surface area (Å²) in [6.45, 7) is 10.6. The number of halogens is 1. The highest BCUT2D eigenvalue weighted by atomic mass is 35.5.